The summed E-state index contributed by atoms with van der Waals surface area (Å²) in [6.07, 6.45) is 0. The van der Waals surface area contributed by atoms with Gasteiger partial charge in [-0.2, -0.15) is 0 Å². The minimum absolute atomic E-state index is 0.0259. The molecule has 0 unspecified atom stereocenters. The van der Waals surface area contributed by atoms with Gasteiger partial charge >= 0.3 is 0 Å². The highest BCUT2D eigenvalue weighted by atomic mass is 32.2. The Morgan fingerprint density at radius 3 is 2.58 bits per heavy atom. The van der Waals surface area contributed by atoms with Gasteiger partial charge in [-0.3, -0.25) is 4.79 Å². The first kappa shape index (κ1) is 15.3. The Balaban J connectivity index is 3.11. The molecule has 7 heteroatoms. The fourth-order valence-corrected chi connectivity index (χ4v) is 2.89. The number of methoxy groups -OCH3 is 1. The number of carbonyl (C=O) groups excluding carboxylic acids is 1. The summed E-state index contributed by atoms with van der Waals surface area (Å²) in [5.41, 5.74) is 5.96. The molecule has 0 fully saturated rings. The van der Waals surface area contributed by atoms with Crippen LogP contribution in [-0.2, 0) is 14.6 Å². The number of ether oxygens (including phenoxy) is 1. The molecule has 0 bridgehead atoms. The van der Waals surface area contributed by atoms with Gasteiger partial charge in [0.2, 0.25) is 5.91 Å². The van der Waals surface area contributed by atoms with Crippen molar-refractivity contribution in [2.24, 2.45) is 0 Å². The van der Waals surface area contributed by atoms with Crippen LogP contribution in [0.2, 0.25) is 0 Å². The first-order valence-corrected chi connectivity index (χ1v) is 7.37. The number of carbonyl (C=O) groups is 1. The number of hydrogen-bond acceptors (Lipinski definition) is 5. The quantitative estimate of drug-likeness (QED) is 0.797. The third-order valence-corrected chi connectivity index (χ3v) is 4.37. The lowest BCUT2D eigenvalue weighted by molar-refractivity contribution is -0.126. The molecule has 0 radical (unpaired) electrons. The van der Waals surface area contributed by atoms with Crippen molar-refractivity contribution in [3.63, 3.8) is 0 Å². The predicted octanol–water partition coefficient (Wildman–Crippen LogP) is 0.529. The SMILES string of the molecule is CCN(C)C(=O)CS(=O)(=O)c1ccc(N)cc1OC. The number of rotatable bonds is 5. The van der Waals surface area contributed by atoms with Gasteiger partial charge in [0.05, 0.1) is 7.11 Å². The van der Waals surface area contributed by atoms with Gasteiger partial charge in [0, 0.05) is 25.3 Å². The second kappa shape index (κ2) is 5.92. The van der Waals surface area contributed by atoms with Crippen LogP contribution < -0.4 is 10.5 Å². The Morgan fingerprint density at radius 2 is 2.05 bits per heavy atom. The average molecular weight is 286 g/mol. The van der Waals surface area contributed by atoms with Gasteiger partial charge in [0.25, 0.3) is 0 Å². The molecule has 0 saturated carbocycles. The Bertz CT molecular complexity index is 569. The summed E-state index contributed by atoms with van der Waals surface area (Å²) in [4.78, 5) is 13.0. The summed E-state index contributed by atoms with van der Waals surface area (Å²) in [5.74, 6) is -0.897. The van der Waals surface area contributed by atoms with Crippen LogP contribution in [0.3, 0.4) is 0 Å². The van der Waals surface area contributed by atoms with Crippen molar-refractivity contribution in [1.82, 2.24) is 4.90 Å². The fraction of sp³-hybridized carbons (Fsp3) is 0.417. The van der Waals surface area contributed by atoms with Crippen molar-refractivity contribution in [1.29, 1.82) is 0 Å². The van der Waals surface area contributed by atoms with Crippen molar-refractivity contribution >= 4 is 21.4 Å². The molecular weight excluding hydrogens is 268 g/mol. The summed E-state index contributed by atoms with van der Waals surface area (Å²) in [6, 6.07) is 4.23. The molecule has 19 heavy (non-hydrogen) atoms. The maximum Gasteiger partial charge on any atom is 0.237 e. The van der Waals surface area contributed by atoms with Crippen LogP contribution in [0.4, 0.5) is 5.69 Å². The number of sulfone groups is 1. The Kier molecular flexibility index (Phi) is 4.77. The lowest BCUT2D eigenvalue weighted by atomic mass is 10.3. The molecule has 0 spiro atoms. The number of benzene rings is 1. The lowest BCUT2D eigenvalue weighted by Crippen LogP contribution is -2.32. The van der Waals surface area contributed by atoms with Crippen LogP contribution in [0.1, 0.15) is 6.92 Å². The van der Waals surface area contributed by atoms with E-state index in [0.717, 1.165) is 0 Å². The summed E-state index contributed by atoms with van der Waals surface area (Å²) in [7, 11) is -0.837. The second-order valence-electron chi connectivity index (χ2n) is 4.08. The number of nitrogen functional groups attached to an aromatic ring is 1. The molecule has 0 aliphatic heterocycles. The highest BCUT2D eigenvalue weighted by Crippen LogP contribution is 2.27. The minimum Gasteiger partial charge on any atom is -0.495 e. The second-order valence-corrected chi connectivity index (χ2v) is 6.04. The molecule has 0 heterocycles. The largest absolute Gasteiger partial charge is 0.495 e. The molecule has 1 aromatic carbocycles. The van der Waals surface area contributed by atoms with Gasteiger partial charge in [0.15, 0.2) is 9.84 Å². The van der Waals surface area contributed by atoms with Crippen LogP contribution in [0.25, 0.3) is 0 Å². The number of amides is 1. The van der Waals surface area contributed by atoms with Crippen molar-refractivity contribution in [2.75, 3.05) is 32.2 Å². The van der Waals surface area contributed by atoms with E-state index in [1.54, 1.807) is 14.0 Å². The van der Waals surface area contributed by atoms with E-state index < -0.39 is 21.5 Å². The third-order valence-electron chi connectivity index (χ3n) is 2.74. The first-order chi connectivity index (χ1) is 8.81. The fourth-order valence-electron chi connectivity index (χ4n) is 1.47. The molecule has 1 amide bonds. The van der Waals surface area contributed by atoms with Gasteiger partial charge in [-0.25, -0.2) is 8.42 Å². The molecule has 1 rings (SSSR count). The third kappa shape index (κ3) is 3.60. The molecular formula is C12H18N2O4S. The Hall–Kier alpha value is -1.76. The van der Waals surface area contributed by atoms with Gasteiger partial charge in [-0.05, 0) is 19.1 Å². The number of hydrogen-bond donors (Lipinski definition) is 1. The van der Waals surface area contributed by atoms with E-state index in [2.05, 4.69) is 0 Å². The van der Waals surface area contributed by atoms with Gasteiger partial charge in [-0.15, -0.1) is 0 Å². The van der Waals surface area contributed by atoms with Crippen LogP contribution in [0, 0.1) is 0 Å². The number of nitrogens with two attached hydrogens (primary N) is 1. The number of anilines is 1. The summed E-state index contributed by atoms with van der Waals surface area (Å²) >= 11 is 0. The van der Waals surface area contributed by atoms with Crippen molar-refractivity contribution in [3.05, 3.63) is 18.2 Å². The van der Waals surface area contributed by atoms with Gasteiger partial charge < -0.3 is 15.4 Å². The van der Waals surface area contributed by atoms with E-state index in [0.29, 0.717) is 12.2 Å². The molecule has 6 nitrogen and oxygen atoms in total. The predicted molar refractivity (Wildman–Crippen MR) is 72.8 cm³/mol. The Morgan fingerprint density at radius 1 is 1.42 bits per heavy atom. The van der Waals surface area contributed by atoms with Gasteiger partial charge in [0.1, 0.15) is 16.4 Å². The molecule has 0 atom stereocenters. The van der Waals surface area contributed by atoms with Crippen molar-refractivity contribution in [2.45, 2.75) is 11.8 Å². The number of nitrogens with zero attached hydrogens (tertiary/aromatic N) is 1. The Labute approximate surface area is 113 Å². The van der Waals surface area contributed by atoms with Crippen LogP contribution in [0.15, 0.2) is 23.1 Å². The highest BCUT2D eigenvalue weighted by molar-refractivity contribution is 7.92. The lowest BCUT2D eigenvalue weighted by Gasteiger charge is -2.15. The van der Waals surface area contributed by atoms with Crippen LogP contribution in [0.5, 0.6) is 5.75 Å². The van der Waals surface area contributed by atoms with E-state index in [-0.39, 0.29) is 10.6 Å². The molecule has 1 aromatic rings. The normalized spacial score (nSPS) is 11.1. The summed E-state index contributed by atoms with van der Waals surface area (Å²) < 4.78 is 29.4. The minimum atomic E-state index is -3.75. The van der Waals surface area contributed by atoms with E-state index in [4.69, 9.17) is 10.5 Å². The van der Waals surface area contributed by atoms with Crippen molar-refractivity contribution in [3.8, 4) is 5.75 Å². The van der Waals surface area contributed by atoms with Crippen molar-refractivity contribution < 1.29 is 17.9 Å². The zero-order valence-corrected chi connectivity index (χ0v) is 12.0. The van der Waals surface area contributed by atoms with E-state index in [1.165, 1.54) is 30.2 Å². The summed E-state index contributed by atoms with van der Waals surface area (Å²) in [5, 5.41) is 0. The van der Waals surface area contributed by atoms with Gasteiger partial charge in [-0.1, -0.05) is 0 Å². The van der Waals surface area contributed by atoms with E-state index in [9.17, 15) is 13.2 Å². The molecule has 106 valence electrons. The topological polar surface area (TPSA) is 89.7 Å². The summed E-state index contributed by atoms with van der Waals surface area (Å²) in [6.45, 7) is 2.22. The maximum atomic E-state index is 12.2. The molecule has 0 aromatic heterocycles. The average Bonchev–Trinajstić information content (AvgIpc) is 2.36. The highest BCUT2D eigenvalue weighted by Gasteiger charge is 2.24. The standard InChI is InChI=1S/C12H18N2O4S/c1-4-14(2)12(15)8-19(16,17)11-6-5-9(13)7-10(11)18-3/h5-7H,4,8,13H2,1-3H3. The molecule has 0 aliphatic rings. The molecule has 0 saturated heterocycles. The zero-order chi connectivity index (χ0) is 14.6. The van der Waals surface area contributed by atoms with Crippen LogP contribution >= 0.6 is 0 Å². The zero-order valence-electron chi connectivity index (χ0n) is 11.2. The van der Waals surface area contributed by atoms with E-state index in [1.807, 2.05) is 0 Å². The molecule has 2 N–H and O–H groups in total. The monoisotopic (exact) mass is 286 g/mol. The first-order valence-electron chi connectivity index (χ1n) is 5.72. The smallest absolute Gasteiger partial charge is 0.237 e. The maximum absolute atomic E-state index is 12.2. The van der Waals surface area contributed by atoms with E-state index >= 15 is 0 Å². The van der Waals surface area contributed by atoms with Crippen LogP contribution in [-0.4, -0.2) is 45.7 Å². The molecule has 0 aliphatic carbocycles.